The molecular formula is C31H41N5O7S. The lowest BCUT2D eigenvalue weighted by Crippen LogP contribution is -2.51. The largest absolute Gasteiger partial charge is 0.472 e. The zero-order valence-corrected chi connectivity index (χ0v) is 25.7. The third-order valence-electron chi connectivity index (χ3n) is 7.09. The lowest BCUT2D eigenvalue weighted by Gasteiger charge is -2.31. The first kappa shape index (κ1) is 34.3. The van der Waals surface area contributed by atoms with Crippen LogP contribution in [-0.2, 0) is 32.1 Å². The summed E-state index contributed by atoms with van der Waals surface area (Å²) in [5.74, 6) is -1.62. The van der Waals surface area contributed by atoms with Gasteiger partial charge in [0.2, 0.25) is 18.2 Å². The number of rotatable bonds is 20. The van der Waals surface area contributed by atoms with E-state index < -0.39 is 35.9 Å². The van der Waals surface area contributed by atoms with Crippen molar-refractivity contribution in [3.63, 3.8) is 0 Å². The van der Waals surface area contributed by atoms with E-state index >= 15 is 0 Å². The Kier molecular flexibility index (Phi) is 14.9. The summed E-state index contributed by atoms with van der Waals surface area (Å²) in [6.45, 7) is 2.40. The van der Waals surface area contributed by atoms with Gasteiger partial charge in [-0.15, -0.1) is 11.3 Å². The second kappa shape index (κ2) is 19.1. The van der Waals surface area contributed by atoms with E-state index in [0.717, 1.165) is 11.1 Å². The topological polar surface area (TPSA) is 163 Å². The highest BCUT2D eigenvalue weighted by molar-refractivity contribution is 7.13. The number of carbonyl (C=O) groups is 4. The lowest BCUT2D eigenvalue weighted by molar-refractivity contribution is -0.169. The monoisotopic (exact) mass is 627 g/mol. The number of carbonyl (C=O) groups excluding carboxylic acids is 4. The predicted octanol–water partition coefficient (Wildman–Crippen LogP) is 4.91. The third kappa shape index (κ3) is 11.8. The number of amides is 4. The molecule has 0 aliphatic heterocycles. The Morgan fingerprint density at radius 3 is 2.57 bits per heavy atom. The van der Waals surface area contributed by atoms with Crippen LogP contribution in [0.1, 0.15) is 63.0 Å². The number of hydroxylamine groups is 2. The normalized spacial score (nSPS) is 12.9. The number of furan rings is 1. The number of ether oxygens (including phenoxy) is 1. The van der Waals surface area contributed by atoms with Gasteiger partial charge in [0.15, 0.2) is 5.13 Å². The Morgan fingerprint density at radius 2 is 1.89 bits per heavy atom. The summed E-state index contributed by atoms with van der Waals surface area (Å²) < 4.78 is 10.4. The molecule has 3 rings (SSSR count). The molecule has 0 radical (unpaired) electrons. The second-order valence-electron chi connectivity index (χ2n) is 10.3. The van der Waals surface area contributed by atoms with Crippen LogP contribution in [0.5, 0.6) is 0 Å². The Labute approximate surface area is 261 Å². The highest BCUT2D eigenvalue weighted by Crippen LogP contribution is 2.23. The van der Waals surface area contributed by atoms with Crippen molar-refractivity contribution in [1.29, 1.82) is 0 Å². The first-order chi connectivity index (χ1) is 21.4. The molecule has 0 saturated carbocycles. The highest BCUT2D eigenvalue weighted by atomic mass is 32.1. The average Bonchev–Trinajstić information content (AvgIpc) is 3.75. The fourth-order valence-corrected chi connectivity index (χ4v) is 5.35. The standard InChI is InChI=1S/C31H41N5O7S/c1-2-9-27(36(41)22-37)25(13-8-12-24-15-18-42-20-24)28(38)34-26(29(39)35-30-32-17-19-44-30)14-6-7-16-33-31(40)43-21-23-10-4-3-5-11-23/h3-5,10-11,15,17-20,22,25-27,41H,2,6-9,12-14,16,21H2,1H3,(H,33,40)(H,34,38)(H,32,35,39). The van der Waals surface area contributed by atoms with Gasteiger partial charge in [0, 0.05) is 18.1 Å². The van der Waals surface area contributed by atoms with E-state index in [1.54, 1.807) is 24.1 Å². The van der Waals surface area contributed by atoms with E-state index in [2.05, 4.69) is 20.9 Å². The number of nitrogens with zero attached hydrogens (tertiary/aromatic N) is 2. The lowest BCUT2D eigenvalue weighted by atomic mass is 9.88. The van der Waals surface area contributed by atoms with Gasteiger partial charge >= 0.3 is 6.09 Å². The van der Waals surface area contributed by atoms with Crippen LogP contribution in [0.15, 0.2) is 64.9 Å². The number of nitrogens with one attached hydrogen (secondary N) is 3. The first-order valence-electron chi connectivity index (χ1n) is 14.8. The Hall–Kier alpha value is -4.23. The predicted molar refractivity (Wildman–Crippen MR) is 165 cm³/mol. The number of hydrogen-bond acceptors (Lipinski definition) is 9. The van der Waals surface area contributed by atoms with Crippen LogP contribution in [0.25, 0.3) is 0 Å². The molecule has 3 aromatic rings. The molecule has 1 aromatic carbocycles. The van der Waals surface area contributed by atoms with Crippen molar-refractivity contribution in [2.24, 2.45) is 5.92 Å². The van der Waals surface area contributed by atoms with E-state index in [4.69, 9.17) is 9.15 Å². The summed E-state index contributed by atoms with van der Waals surface area (Å²) in [6, 6.07) is 9.54. The minimum absolute atomic E-state index is 0.162. The summed E-state index contributed by atoms with van der Waals surface area (Å²) in [6.07, 6.45) is 8.57. The van der Waals surface area contributed by atoms with Gasteiger partial charge in [0.25, 0.3) is 0 Å². The number of anilines is 1. The second-order valence-corrected chi connectivity index (χ2v) is 11.2. The van der Waals surface area contributed by atoms with Crippen molar-refractivity contribution in [2.75, 3.05) is 11.9 Å². The zero-order valence-electron chi connectivity index (χ0n) is 24.9. The van der Waals surface area contributed by atoms with Crippen LogP contribution in [0, 0.1) is 5.92 Å². The smallest absolute Gasteiger partial charge is 0.407 e. The molecule has 2 heterocycles. The van der Waals surface area contributed by atoms with Crippen molar-refractivity contribution in [1.82, 2.24) is 20.7 Å². The maximum Gasteiger partial charge on any atom is 0.407 e. The molecule has 0 saturated heterocycles. The maximum atomic E-state index is 13.7. The van der Waals surface area contributed by atoms with Gasteiger partial charge in [-0.1, -0.05) is 43.7 Å². The van der Waals surface area contributed by atoms with Crippen molar-refractivity contribution in [3.8, 4) is 0 Å². The summed E-state index contributed by atoms with van der Waals surface area (Å²) in [4.78, 5) is 54.6. The highest BCUT2D eigenvalue weighted by Gasteiger charge is 2.34. The number of thiazole rings is 1. The van der Waals surface area contributed by atoms with Crippen LogP contribution < -0.4 is 16.0 Å². The van der Waals surface area contributed by atoms with Crippen molar-refractivity contribution >= 4 is 40.8 Å². The van der Waals surface area contributed by atoms with Crippen molar-refractivity contribution in [2.45, 2.75) is 77.0 Å². The quantitative estimate of drug-likeness (QED) is 0.0594. The Morgan fingerprint density at radius 1 is 1.07 bits per heavy atom. The van der Waals surface area contributed by atoms with E-state index in [0.29, 0.717) is 74.5 Å². The zero-order chi connectivity index (χ0) is 31.6. The van der Waals surface area contributed by atoms with Crippen LogP contribution in [0.2, 0.25) is 0 Å². The van der Waals surface area contributed by atoms with Gasteiger partial charge in [-0.2, -0.15) is 0 Å². The fraction of sp³-hybridized carbons (Fsp3) is 0.452. The molecule has 0 aliphatic carbocycles. The van der Waals surface area contributed by atoms with Gasteiger partial charge < -0.3 is 25.1 Å². The van der Waals surface area contributed by atoms with Crippen LogP contribution in [-0.4, -0.2) is 58.2 Å². The molecule has 0 spiro atoms. The summed E-state index contributed by atoms with van der Waals surface area (Å²) in [5.41, 5.74) is 1.86. The van der Waals surface area contributed by atoms with E-state index in [1.807, 2.05) is 43.3 Å². The number of alkyl carbamates (subject to hydrolysis) is 1. The summed E-state index contributed by atoms with van der Waals surface area (Å²) >= 11 is 1.26. The van der Waals surface area contributed by atoms with E-state index in [9.17, 15) is 24.4 Å². The molecule has 13 heteroatoms. The molecule has 2 aromatic heterocycles. The van der Waals surface area contributed by atoms with Gasteiger partial charge in [-0.25, -0.2) is 14.8 Å². The summed E-state index contributed by atoms with van der Waals surface area (Å²) in [5, 5.41) is 21.4. The maximum absolute atomic E-state index is 13.7. The fourth-order valence-electron chi connectivity index (χ4n) is 4.81. The molecule has 4 N–H and O–H groups in total. The minimum atomic E-state index is -0.904. The molecule has 3 atom stereocenters. The number of aryl methyl sites for hydroxylation is 1. The molecule has 3 unspecified atom stereocenters. The number of unbranched alkanes of at least 4 members (excludes halogenated alkanes) is 1. The molecule has 238 valence electrons. The minimum Gasteiger partial charge on any atom is -0.472 e. The van der Waals surface area contributed by atoms with Crippen LogP contribution in [0.4, 0.5) is 9.93 Å². The third-order valence-corrected chi connectivity index (χ3v) is 7.78. The Balaban J connectivity index is 1.60. The molecular weight excluding hydrogens is 586 g/mol. The van der Waals surface area contributed by atoms with Gasteiger partial charge in [-0.3, -0.25) is 19.6 Å². The van der Waals surface area contributed by atoms with Crippen LogP contribution >= 0.6 is 11.3 Å². The molecule has 4 amide bonds. The number of hydrogen-bond donors (Lipinski definition) is 4. The van der Waals surface area contributed by atoms with Gasteiger partial charge in [-0.05, 0) is 62.1 Å². The van der Waals surface area contributed by atoms with Crippen LogP contribution in [0.3, 0.4) is 0 Å². The summed E-state index contributed by atoms with van der Waals surface area (Å²) in [7, 11) is 0. The number of aromatic nitrogens is 1. The van der Waals surface area contributed by atoms with E-state index in [1.165, 1.54) is 11.3 Å². The molecule has 0 aliphatic rings. The first-order valence-corrected chi connectivity index (χ1v) is 15.7. The Bertz CT molecular complexity index is 1260. The SMILES string of the molecule is CCCC(C(CCCc1ccoc1)C(=O)NC(CCCCNC(=O)OCc1ccccc1)C(=O)Nc1nccs1)N(O)C=O. The van der Waals surface area contributed by atoms with Crippen molar-refractivity contribution in [3.05, 3.63) is 71.6 Å². The van der Waals surface area contributed by atoms with Gasteiger partial charge in [0.05, 0.1) is 24.5 Å². The molecule has 44 heavy (non-hydrogen) atoms. The molecule has 12 nitrogen and oxygen atoms in total. The average molecular weight is 628 g/mol. The molecule has 0 bridgehead atoms. The van der Waals surface area contributed by atoms with E-state index in [-0.39, 0.29) is 6.61 Å². The van der Waals surface area contributed by atoms with Gasteiger partial charge in [0.1, 0.15) is 12.6 Å². The number of benzene rings is 1. The molecule has 0 fully saturated rings. The van der Waals surface area contributed by atoms with Crippen molar-refractivity contribution < 1.29 is 33.5 Å².